The number of nitrogens with two attached hydrogens (primary N) is 1. The molecule has 3 fully saturated rings. The van der Waals surface area contributed by atoms with E-state index in [1.54, 1.807) is 17.8 Å². The molecule has 2 saturated heterocycles. The molecule has 4 aromatic carbocycles. The van der Waals surface area contributed by atoms with Gasteiger partial charge in [-0.3, -0.25) is 14.4 Å². The fourth-order valence-corrected chi connectivity index (χ4v) is 11.7. The molecule has 17 nitrogen and oxygen atoms in total. The number of pyridine rings is 1. The standard InChI is InChI=1S/C61H66N10O7/c1-4-27-65-60(2)25-31-70(32-26-60)41-23-29-71(30-24-41)58-66-51-21-18-39(49-35-69(3)57(74)54-47(49)22-28-63-54)33-48(51)55(68-58)61(78-42-19-20-42,40-12-6-5-7-13-40)37-76-38-64-56(73)52(34-53(62)72)67-59(75)77-36-50-45-16-10-8-14-43(45)44-15-9-11-17-46(44)50/h1,5-18,21-22,28,33,35,41-42,50,52,63,65H,19-20,23-27,29-32,34,36-38H2,2-3H3,(H2,62,72)(H,64,73)(H,67,75)/t52-,61-/m0/s1. The van der Waals surface area contributed by atoms with Gasteiger partial charge >= 0.3 is 6.09 Å². The van der Waals surface area contributed by atoms with Crippen molar-refractivity contribution in [3.8, 4) is 34.6 Å². The summed E-state index contributed by atoms with van der Waals surface area (Å²) in [6, 6.07) is 32.9. The van der Waals surface area contributed by atoms with Gasteiger partial charge in [-0.05, 0) is 97.0 Å². The Morgan fingerprint density at radius 3 is 2.28 bits per heavy atom. The van der Waals surface area contributed by atoms with Crippen LogP contribution in [0.5, 0.6) is 0 Å². The molecule has 17 heteroatoms. The van der Waals surface area contributed by atoms with Crippen LogP contribution in [0.25, 0.3) is 44.1 Å². The van der Waals surface area contributed by atoms with Crippen LogP contribution in [0, 0.1) is 12.3 Å². The normalized spacial score (nSPS) is 17.7. The lowest BCUT2D eigenvalue weighted by atomic mass is 9.87. The van der Waals surface area contributed by atoms with Crippen molar-refractivity contribution in [1.82, 2.24) is 40.4 Å². The van der Waals surface area contributed by atoms with Gasteiger partial charge in [0.25, 0.3) is 5.56 Å². The van der Waals surface area contributed by atoms with Crippen molar-refractivity contribution in [2.45, 2.75) is 87.1 Å². The Morgan fingerprint density at radius 2 is 1.59 bits per heavy atom. The molecule has 1 saturated carbocycles. The van der Waals surface area contributed by atoms with E-state index in [4.69, 9.17) is 36.3 Å². The number of anilines is 1. The molecule has 2 aliphatic heterocycles. The maximum atomic E-state index is 14.0. The molecule has 0 spiro atoms. The van der Waals surface area contributed by atoms with Crippen LogP contribution in [0.1, 0.15) is 80.2 Å². The second-order valence-electron chi connectivity index (χ2n) is 21.4. The largest absolute Gasteiger partial charge is 0.449 e. The number of carbonyl (C=O) groups is 3. The molecule has 3 aromatic heterocycles. The molecule has 7 aromatic rings. The Balaban J connectivity index is 0.875. The first-order valence-corrected chi connectivity index (χ1v) is 27.1. The van der Waals surface area contributed by atoms with Crippen LogP contribution in [-0.4, -0.2) is 119 Å². The molecule has 78 heavy (non-hydrogen) atoms. The van der Waals surface area contributed by atoms with Crippen molar-refractivity contribution < 1.29 is 28.6 Å². The molecule has 11 rings (SSSR count). The van der Waals surface area contributed by atoms with Crippen molar-refractivity contribution in [1.29, 1.82) is 0 Å². The van der Waals surface area contributed by atoms with Crippen LogP contribution in [0.2, 0.25) is 0 Å². The zero-order chi connectivity index (χ0) is 54.0. The Morgan fingerprint density at radius 1 is 0.885 bits per heavy atom. The second-order valence-corrected chi connectivity index (χ2v) is 21.4. The maximum absolute atomic E-state index is 14.0. The van der Waals surface area contributed by atoms with Crippen LogP contribution in [0.4, 0.5) is 10.7 Å². The number of benzene rings is 4. The number of carbonyl (C=O) groups excluding carboxylic acids is 3. The minimum atomic E-state index is -1.35. The van der Waals surface area contributed by atoms with E-state index in [-0.39, 0.29) is 43.1 Å². The van der Waals surface area contributed by atoms with Crippen molar-refractivity contribution in [2.24, 2.45) is 12.8 Å². The van der Waals surface area contributed by atoms with Crippen molar-refractivity contribution in [3.63, 3.8) is 0 Å². The van der Waals surface area contributed by atoms with Gasteiger partial charge in [0.1, 0.15) is 24.9 Å². The number of aromatic nitrogens is 4. The number of terminal acetylenes is 1. The first-order chi connectivity index (χ1) is 37.9. The van der Waals surface area contributed by atoms with Crippen LogP contribution < -0.4 is 32.1 Å². The third kappa shape index (κ3) is 10.7. The molecule has 4 aliphatic rings. The quantitative estimate of drug-likeness (QED) is 0.0321. The summed E-state index contributed by atoms with van der Waals surface area (Å²) in [7, 11) is 1.74. The molecular weight excluding hydrogens is 985 g/mol. The molecule has 3 amide bonds. The van der Waals surface area contributed by atoms with E-state index >= 15 is 0 Å². The van der Waals surface area contributed by atoms with E-state index in [2.05, 4.69) is 49.6 Å². The number of amides is 3. The molecule has 0 bridgehead atoms. The lowest BCUT2D eigenvalue weighted by Crippen LogP contribution is -2.55. The lowest BCUT2D eigenvalue weighted by molar-refractivity contribution is -0.130. The predicted octanol–water partition coefficient (Wildman–Crippen LogP) is 6.82. The third-order valence-electron chi connectivity index (χ3n) is 16.2. The summed E-state index contributed by atoms with van der Waals surface area (Å²) in [5.41, 5.74) is 12.7. The smallest absolute Gasteiger partial charge is 0.407 e. The van der Waals surface area contributed by atoms with Gasteiger partial charge in [0.15, 0.2) is 5.60 Å². The molecule has 0 unspecified atom stereocenters. The minimum absolute atomic E-state index is 0.0159. The number of aromatic amines is 1. The van der Waals surface area contributed by atoms with Crippen LogP contribution in [-0.2, 0) is 36.4 Å². The van der Waals surface area contributed by atoms with Crippen LogP contribution in [0.15, 0.2) is 120 Å². The molecule has 5 heterocycles. The summed E-state index contributed by atoms with van der Waals surface area (Å²) in [6.07, 6.45) is 13.4. The SMILES string of the molecule is C#CCNC1(C)CCN(C2CCN(c3nc([C@@](COCNC(=O)[C@H](CC(N)=O)NC(=O)OCC4c5ccccc5-c5ccccc54)(OC4CC4)c4ccccc4)c4cc(-c5cn(C)c(=O)c6[nH]ccc56)ccc4n3)CC2)CC1. The van der Waals surface area contributed by atoms with Crippen LogP contribution in [0.3, 0.4) is 0 Å². The number of piperidine rings is 2. The summed E-state index contributed by atoms with van der Waals surface area (Å²) < 4.78 is 21.1. The Bertz CT molecular complexity index is 3420. The number of rotatable bonds is 19. The highest BCUT2D eigenvalue weighted by atomic mass is 16.6. The van der Waals surface area contributed by atoms with Gasteiger partial charge in [0.2, 0.25) is 17.8 Å². The molecule has 402 valence electrons. The van der Waals surface area contributed by atoms with Gasteiger partial charge in [-0.1, -0.05) is 90.8 Å². The molecule has 6 N–H and O–H groups in total. The Kier molecular flexibility index (Phi) is 14.9. The van der Waals surface area contributed by atoms with E-state index in [9.17, 15) is 19.2 Å². The number of aryl methyl sites for hydroxylation is 1. The highest BCUT2D eigenvalue weighted by Crippen LogP contribution is 2.46. The van der Waals surface area contributed by atoms with E-state index < -0.39 is 36.0 Å². The number of alkyl carbamates (subject to hydrolysis) is 1. The third-order valence-corrected chi connectivity index (χ3v) is 16.2. The van der Waals surface area contributed by atoms with Crippen molar-refractivity contribution in [3.05, 3.63) is 148 Å². The highest BCUT2D eigenvalue weighted by Gasteiger charge is 2.45. The topological polar surface area (TPSA) is 211 Å². The molecule has 0 radical (unpaired) electrons. The summed E-state index contributed by atoms with van der Waals surface area (Å²) in [5.74, 6) is 1.62. The predicted molar refractivity (Wildman–Crippen MR) is 299 cm³/mol. The number of primary amides is 1. The molecule has 2 aliphatic carbocycles. The van der Waals surface area contributed by atoms with E-state index in [0.717, 1.165) is 114 Å². The summed E-state index contributed by atoms with van der Waals surface area (Å²) in [5, 5.41) is 10.4. The van der Waals surface area contributed by atoms with Crippen molar-refractivity contribution in [2.75, 3.05) is 57.6 Å². The average Bonchev–Trinajstić information content (AvgIpc) is 4.03. The number of nitrogens with zero attached hydrogens (tertiary/aromatic N) is 5. The number of hydrogen-bond acceptors (Lipinski definition) is 12. The first kappa shape index (κ1) is 52.2. The fourth-order valence-electron chi connectivity index (χ4n) is 11.7. The summed E-state index contributed by atoms with van der Waals surface area (Å²) in [4.78, 5) is 71.9. The average molecular weight is 1050 g/mol. The summed E-state index contributed by atoms with van der Waals surface area (Å²) >= 11 is 0. The van der Waals surface area contributed by atoms with Gasteiger partial charge < -0.3 is 55.2 Å². The molecule has 2 atom stereocenters. The van der Waals surface area contributed by atoms with Gasteiger partial charge in [-0.25, -0.2) is 14.8 Å². The zero-order valence-corrected chi connectivity index (χ0v) is 44.1. The maximum Gasteiger partial charge on any atom is 0.407 e. The number of nitrogens with one attached hydrogen (secondary N) is 4. The van der Waals surface area contributed by atoms with Gasteiger partial charge in [-0.15, -0.1) is 6.42 Å². The fraction of sp³-hybridized carbons (Fsp3) is 0.377. The number of hydrogen-bond donors (Lipinski definition) is 5. The summed E-state index contributed by atoms with van der Waals surface area (Å²) in [6.45, 7) is 5.94. The number of likely N-dealkylation sites (tertiary alicyclic amines) is 1. The zero-order valence-electron chi connectivity index (χ0n) is 44.1. The number of fused-ring (bicyclic) bond motifs is 5. The van der Waals surface area contributed by atoms with Gasteiger partial charge in [0.05, 0.1) is 36.9 Å². The monoisotopic (exact) mass is 1050 g/mol. The minimum Gasteiger partial charge on any atom is -0.449 e. The van der Waals surface area contributed by atoms with Crippen molar-refractivity contribution >= 4 is 45.7 Å². The van der Waals surface area contributed by atoms with E-state index in [0.29, 0.717) is 35.3 Å². The van der Waals surface area contributed by atoms with Gasteiger partial charge in [0, 0.05) is 79.5 Å². The van der Waals surface area contributed by atoms with Crippen LogP contribution >= 0.6 is 0 Å². The Labute approximate surface area is 453 Å². The first-order valence-electron chi connectivity index (χ1n) is 27.1. The number of ether oxygens (including phenoxy) is 3. The lowest BCUT2D eigenvalue weighted by Gasteiger charge is -2.45. The van der Waals surface area contributed by atoms with E-state index in [1.165, 1.54) is 0 Å². The highest BCUT2D eigenvalue weighted by molar-refractivity contribution is 5.97. The molecular formula is C61H66N10O7. The Hall–Kier alpha value is -7.88. The van der Waals surface area contributed by atoms with E-state index in [1.807, 2.05) is 103 Å². The van der Waals surface area contributed by atoms with Gasteiger partial charge in [-0.2, -0.15) is 0 Å². The second kappa shape index (κ2) is 22.2. The number of H-pyrrole nitrogens is 1.